The Hall–Kier alpha value is -2.85. The number of sulfonamides is 1. The number of rotatable bonds is 5. The molecule has 0 bridgehead atoms. The SMILES string of the molecule is CC(C)[C@@H](NC(=O)N1CCN(S(=O)(=O)c2ccccc2F)CC1)c1ccc2c(c1)OCCO2. The number of ether oxygens (including phenoxy) is 2. The number of hydrogen-bond donors (Lipinski definition) is 1. The molecule has 1 N–H and O–H groups in total. The highest BCUT2D eigenvalue weighted by Crippen LogP contribution is 2.34. The van der Waals surface area contributed by atoms with Gasteiger partial charge in [-0.3, -0.25) is 0 Å². The monoisotopic (exact) mass is 477 g/mol. The highest BCUT2D eigenvalue weighted by Gasteiger charge is 2.32. The van der Waals surface area contributed by atoms with Gasteiger partial charge in [-0.2, -0.15) is 4.31 Å². The van der Waals surface area contributed by atoms with Crippen LogP contribution in [-0.4, -0.2) is 63.0 Å². The minimum absolute atomic E-state index is 0.0977. The Labute approximate surface area is 193 Å². The van der Waals surface area contributed by atoms with E-state index in [-0.39, 0.29) is 49.1 Å². The lowest BCUT2D eigenvalue weighted by atomic mass is 9.95. The first-order valence-corrected chi connectivity index (χ1v) is 12.4. The third kappa shape index (κ3) is 4.91. The van der Waals surface area contributed by atoms with E-state index < -0.39 is 15.8 Å². The third-order valence-electron chi connectivity index (χ3n) is 5.85. The summed E-state index contributed by atoms with van der Waals surface area (Å²) in [5.74, 6) is 0.674. The first kappa shape index (κ1) is 23.3. The number of piperazine rings is 1. The summed E-state index contributed by atoms with van der Waals surface area (Å²) in [7, 11) is -3.96. The maximum atomic E-state index is 14.0. The minimum atomic E-state index is -3.96. The Morgan fingerprint density at radius 2 is 1.67 bits per heavy atom. The van der Waals surface area contributed by atoms with E-state index in [0.717, 1.165) is 11.6 Å². The molecular formula is C23H28FN3O5S. The molecule has 10 heteroatoms. The first-order valence-electron chi connectivity index (χ1n) is 11.0. The molecule has 2 aliphatic heterocycles. The van der Waals surface area contributed by atoms with Crippen LogP contribution in [0.1, 0.15) is 25.5 Å². The minimum Gasteiger partial charge on any atom is -0.486 e. The van der Waals surface area contributed by atoms with Crippen LogP contribution in [0.5, 0.6) is 11.5 Å². The number of urea groups is 1. The Morgan fingerprint density at radius 3 is 2.33 bits per heavy atom. The number of fused-ring (bicyclic) bond motifs is 1. The zero-order chi connectivity index (χ0) is 23.6. The molecule has 0 aliphatic carbocycles. The summed E-state index contributed by atoms with van der Waals surface area (Å²) in [5.41, 5.74) is 0.906. The second-order valence-corrected chi connectivity index (χ2v) is 10.3. The summed E-state index contributed by atoms with van der Waals surface area (Å²) in [6.07, 6.45) is 0. The fourth-order valence-corrected chi connectivity index (χ4v) is 5.52. The quantitative estimate of drug-likeness (QED) is 0.715. The molecule has 2 amide bonds. The normalized spacial score (nSPS) is 17.6. The van der Waals surface area contributed by atoms with Gasteiger partial charge in [0.25, 0.3) is 0 Å². The van der Waals surface area contributed by atoms with Crippen molar-refractivity contribution < 1.29 is 27.1 Å². The molecule has 1 atom stereocenters. The number of carbonyl (C=O) groups excluding carboxylic acids is 1. The van der Waals surface area contributed by atoms with Crippen molar-refractivity contribution in [1.82, 2.24) is 14.5 Å². The molecule has 0 saturated carbocycles. The lowest BCUT2D eigenvalue weighted by Gasteiger charge is -2.35. The van der Waals surface area contributed by atoms with Crippen LogP contribution in [0.4, 0.5) is 9.18 Å². The number of nitrogens with zero attached hydrogens (tertiary/aromatic N) is 2. The van der Waals surface area contributed by atoms with Crippen LogP contribution >= 0.6 is 0 Å². The lowest BCUT2D eigenvalue weighted by Crippen LogP contribution is -2.53. The fourth-order valence-electron chi connectivity index (χ4n) is 4.04. The topological polar surface area (TPSA) is 88.2 Å². The van der Waals surface area contributed by atoms with Crippen LogP contribution in [0.15, 0.2) is 47.4 Å². The van der Waals surface area contributed by atoms with E-state index in [9.17, 15) is 17.6 Å². The van der Waals surface area contributed by atoms with Crippen molar-refractivity contribution in [2.24, 2.45) is 5.92 Å². The summed E-state index contributed by atoms with van der Waals surface area (Å²) in [4.78, 5) is 14.2. The molecule has 0 radical (unpaired) electrons. The average molecular weight is 478 g/mol. The lowest BCUT2D eigenvalue weighted by molar-refractivity contribution is 0.165. The predicted octanol–water partition coefficient (Wildman–Crippen LogP) is 3.01. The number of halogens is 1. The van der Waals surface area contributed by atoms with E-state index in [1.54, 1.807) is 4.90 Å². The number of benzene rings is 2. The van der Waals surface area contributed by atoms with Crippen molar-refractivity contribution in [3.63, 3.8) is 0 Å². The largest absolute Gasteiger partial charge is 0.486 e. The van der Waals surface area contributed by atoms with E-state index in [4.69, 9.17) is 9.47 Å². The van der Waals surface area contributed by atoms with E-state index in [2.05, 4.69) is 5.32 Å². The molecule has 2 aromatic rings. The van der Waals surface area contributed by atoms with Gasteiger partial charge in [-0.15, -0.1) is 0 Å². The second-order valence-electron chi connectivity index (χ2n) is 8.40. The predicted molar refractivity (Wildman–Crippen MR) is 120 cm³/mol. The molecule has 8 nitrogen and oxygen atoms in total. The molecule has 0 aromatic heterocycles. The molecule has 2 aromatic carbocycles. The summed E-state index contributed by atoms with van der Waals surface area (Å²) in [5, 5.41) is 3.07. The van der Waals surface area contributed by atoms with Crippen LogP contribution in [0.2, 0.25) is 0 Å². The molecule has 1 fully saturated rings. The van der Waals surface area contributed by atoms with Crippen molar-refractivity contribution in [2.75, 3.05) is 39.4 Å². The Balaban J connectivity index is 1.41. The van der Waals surface area contributed by atoms with Crippen molar-refractivity contribution in [3.8, 4) is 11.5 Å². The Bertz CT molecular complexity index is 1120. The molecule has 33 heavy (non-hydrogen) atoms. The van der Waals surface area contributed by atoms with Gasteiger partial charge in [0.05, 0.1) is 6.04 Å². The molecule has 0 spiro atoms. The zero-order valence-electron chi connectivity index (χ0n) is 18.7. The second kappa shape index (κ2) is 9.56. The van der Waals surface area contributed by atoms with Gasteiger partial charge in [-0.05, 0) is 35.7 Å². The first-order chi connectivity index (χ1) is 15.8. The van der Waals surface area contributed by atoms with Crippen LogP contribution in [-0.2, 0) is 10.0 Å². The summed E-state index contributed by atoms with van der Waals surface area (Å²) in [6, 6.07) is 10.4. The van der Waals surface area contributed by atoms with Crippen molar-refractivity contribution in [2.45, 2.75) is 24.8 Å². The van der Waals surface area contributed by atoms with Gasteiger partial charge < -0.3 is 19.7 Å². The number of hydrogen-bond acceptors (Lipinski definition) is 5. The van der Waals surface area contributed by atoms with Gasteiger partial charge in [0.1, 0.15) is 23.9 Å². The van der Waals surface area contributed by atoms with Crippen molar-refractivity contribution in [3.05, 3.63) is 53.8 Å². The molecule has 4 rings (SSSR count). The van der Waals surface area contributed by atoms with Gasteiger partial charge in [-0.25, -0.2) is 17.6 Å². The number of amides is 2. The van der Waals surface area contributed by atoms with E-state index >= 15 is 0 Å². The van der Waals surface area contributed by atoms with Gasteiger partial charge in [0, 0.05) is 26.2 Å². The third-order valence-corrected chi connectivity index (χ3v) is 7.78. The fraction of sp³-hybridized carbons (Fsp3) is 0.435. The average Bonchev–Trinajstić information content (AvgIpc) is 2.82. The van der Waals surface area contributed by atoms with E-state index in [0.29, 0.717) is 24.7 Å². The molecule has 2 heterocycles. The van der Waals surface area contributed by atoms with Crippen LogP contribution in [0.3, 0.4) is 0 Å². The van der Waals surface area contributed by atoms with Crippen molar-refractivity contribution >= 4 is 16.1 Å². The molecular weight excluding hydrogens is 449 g/mol. The maximum Gasteiger partial charge on any atom is 0.317 e. The van der Waals surface area contributed by atoms with Crippen molar-refractivity contribution in [1.29, 1.82) is 0 Å². The smallest absolute Gasteiger partial charge is 0.317 e. The molecule has 1 saturated heterocycles. The Kier molecular flexibility index (Phi) is 6.76. The highest BCUT2D eigenvalue weighted by molar-refractivity contribution is 7.89. The van der Waals surface area contributed by atoms with Gasteiger partial charge in [0.2, 0.25) is 10.0 Å². The van der Waals surface area contributed by atoms with E-state index in [1.165, 1.54) is 22.5 Å². The summed E-state index contributed by atoms with van der Waals surface area (Å²) in [6.45, 7) is 5.64. The molecule has 178 valence electrons. The van der Waals surface area contributed by atoms with Crippen LogP contribution in [0.25, 0.3) is 0 Å². The highest BCUT2D eigenvalue weighted by atomic mass is 32.2. The molecule has 0 unspecified atom stereocenters. The maximum absolute atomic E-state index is 14.0. The van der Waals surface area contributed by atoms with Gasteiger partial charge >= 0.3 is 6.03 Å². The Morgan fingerprint density at radius 1 is 1.00 bits per heavy atom. The standard InChI is InChI=1S/C23H28FN3O5S/c1-16(2)22(17-7-8-19-20(15-17)32-14-13-31-19)25-23(28)26-9-11-27(12-10-26)33(29,30)21-6-4-3-5-18(21)24/h3-8,15-16,22H,9-14H2,1-2H3,(H,25,28)/t22-/m1/s1. The van der Waals surface area contributed by atoms with Gasteiger partial charge in [-0.1, -0.05) is 32.0 Å². The zero-order valence-corrected chi connectivity index (χ0v) is 19.5. The van der Waals surface area contributed by atoms with Crippen LogP contribution in [0, 0.1) is 11.7 Å². The number of carbonyl (C=O) groups is 1. The van der Waals surface area contributed by atoms with Crippen LogP contribution < -0.4 is 14.8 Å². The summed E-state index contributed by atoms with van der Waals surface area (Å²) < 4.78 is 52.1. The summed E-state index contributed by atoms with van der Waals surface area (Å²) >= 11 is 0. The molecule has 2 aliphatic rings. The number of nitrogens with one attached hydrogen (secondary N) is 1. The van der Waals surface area contributed by atoms with E-state index in [1.807, 2.05) is 32.0 Å². The van der Waals surface area contributed by atoms with Gasteiger partial charge in [0.15, 0.2) is 11.5 Å².